The molecule has 4 atom stereocenters. The van der Waals surface area contributed by atoms with Crippen molar-refractivity contribution in [3.63, 3.8) is 0 Å². The Morgan fingerprint density at radius 2 is 1.55 bits per heavy atom. The topological polar surface area (TPSA) is 108 Å². The molecule has 124 valence electrons. The maximum atomic E-state index is 11.5. The van der Waals surface area contributed by atoms with E-state index in [0.29, 0.717) is 6.42 Å². The van der Waals surface area contributed by atoms with Crippen molar-refractivity contribution >= 4 is 23.8 Å². The zero-order valence-electron chi connectivity index (χ0n) is 13.1. The molecule has 0 aliphatic heterocycles. The minimum atomic E-state index is -0.833. The van der Waals surface area contributed by atoms with Crippen LogP contribution in [-0.4, -0.2) is 49.2 Å². The van der Waals surface area contributed by atoms with Crippen LogP contribution >= 0.6 is 0 Å². The molecule has 0 aromatic heterocycles. The summed E-state index contributed by atoms with van der Waals surface area (Å²) in [5, 5.41) is 2.66. The lowest BCUT2D eigenvalue weighted by molar-refractivity contribution is -0.167. The van der Waals surface area contributed by atoms with E-state index in [4.69, 9.17) is 9.47 Å². The van der Waals surface area contributed by atoms with E-state index in [2.05, 4.69) is 10.1 Å². The lowest BCUT2D eigenvalue weighted by atomic mass is 10.0. The summed E-state index contributed by atoms with van der Waals surface area (Å²) in [6.45, 7) is 3.79. The highest BCUT2D eigenvalue weighted by Crippen LogP contribution is 2.34. The molecule has 8 heteroatoms. The number of amides is 1. The van der Waals surface area contributed by atoms with Crippen molar-refractivity contribution in [2.24, 2.45) is 5.92 Å². The zero-order chi connectivity index (χ0) is 16.9. The fourth-order valence-electron chi connectivity index (χ4n) is 2.69. The molecule has 0 radical (unpaired) electrons. The van der Waals surface area contributed by atoms with Gasteiger partial charge in [-0.25, -0.2) is 0 Å². The van der Waals surface area contributed by atoms with Gasteiger partial charge in [-0.15, -0.1) is 0 Å². The number of esters is 3. The summed E-state index contributed by atoms with van der Waals surface area (Å²) < 4.78 is 15.0. The molecule has 1 aliphatic carbocycles. The van der Waals surface area contributed by atoms with Gasteiger partial charge in [0.15, 0.2) is 6.10 Å². The first-order valence-electron chi connectivity index (χ1n) is 6.93. The number of hydrogen-bond acceptors (Lipinski definition) is 7. The number of carbonyl (C=O) groups is 4. The van der Waals surface area contributed by atoms with Crippen LogP contribution in [0, 0.1) is 5.92 Å². The van der Waals surface area contributed by atoms with Crippen LogP contribution in [0.4, 0.5) is 0 Å². The highest BCUT2D eigenvalue weighted by molar-refractivity contribution is 5.74. The summed E-state index contributed by atoms with van der Waals surface area (Å²) >= 11 is 0. The van der Waals surface area contributed by atoms with Crippen molar-refractivity contribution < 1.29 is 33.4 Å². The molecule has 1 aliphatic rings. The Balaban J connectivity index is 2.99. The molecule has 8 nitrogen and oxygen atoms in total. The van der Waals surface area contributed by atoms with Crippen LogP contribution in [-0.2, 0) is 33.4 Å². The summed E-state index contributed by atoms with van der Waals surface area (Å²) in [7, 11) is 1.26. The van der Waals surface area contributed by atoms with Gasteiger partial charge < -0.3 is 19.5 Å². The molecule has 1 saturated carbocycles. The summed E-state index contributed by atoms with van der Waals surface area (Å²) in [5.41, 5.74) is 0. The number of nitrogens with one attached hydrogen (secondary N) is 1. The first kappa shape index (κ1) is 17.9. The fraction of sp³-hybridized carbons (Fsp3) is 0.714. The van der Waals surface area contributed by atoms with Gasteiger partial charge >= 0.3 is 17.9 Å². The number of hydrogen-bond donors (Lipinski definition) is 1. The maximum absolute atomic E-state index is 11.5. The van der Waals surface area contributed by atoms with E-state index in [1.807, 2.05) is 0 Å². The van der Waals surface area contributed by atoms with E-state index < -0.39 is 42.1 Å². The molecular weight excluding hydrogens is 294 g/mol. The molecule has 0 unspecified atom stereocenters. The predicted molar refractivity (Wildman–Crippen MR) is 73.5 cm³/mol. The normalized spacial score (nSPS) is 26.9. The number of methoxy groups -OCH3 is 1. The molecule has 0 heterocycles. The third-order valence-electron chi connectivity index (χ3n) is 3.39. The zero-order valence-corrected chi connectivity index (χ0v) is 13.1. The fourth-order valence-corrected chi connectivity index (χ4v) is 2.69. The third-order valence-corrected chi connectivity index (χ3v) is 3.39. The lowest BCUT2D eigenvalue weighted by Gasteiger charge is -2.25. The van der Waals surface area contributed by atoms with E-state index in [0.717, 1.165) is 0 Å². The average molecular weight is 315 g/mol. The summed E-state index contributed by atoms with van der Waals surface area (Å²) in [6.07, 6.45) is -1.30. The van der Waals surface area contributed by atoms with E-state index >= 15 is 0 Å². The number of carbonyl (C=O) groups excluding carboxylic acids is 4. The largest absolute Gasteiger partial charge is 0.469 e. The second kappa shape index (κ2) is 7.77. The number of ether oxygens (including phenoxy) is 3. The third kappa shape index (κ3) is 5.01. The molecule has 1 fully saturated rings. The lowest BCUT2D eigenvalue weighted by Crippen LogP contribution is -2.45. The second-order valence-electron chi connectivity index (χ2n) is 5.23. The van der Waals surface area contributed by atoms with Crippen LogP contribution in [0.25, 0.3) is 0 Å². The van der Waals surface area contributed by atoms with Gasteiger partial charge in [0.25, 0.3) is 0 Å². The van der Waals surface area contributed by atoms with Gasteiger partial charge in [-0.2, -0.15) is 0 Å². The maximum Gasteiger partial charge on any atom is 0.305 e. The Labute approximate surface area is 128 Å². The van der Waals surface area contributed by atoms with Crippen molar-refractivity contribution in [3.05, 3.63) is 0 Å². The van der Waals surface area contributed by atoms with Gasteiger partial charge in [0.1, 0.15) is 6.10 Å². The monoisotopic (exact) mass is 315 g/mol. The van der Waals surface area contributed by atoms with Gasteiger partial charge in [-0.05, 0) is 6.42 Å². The van der Waals surface area contributed by atoms with Crippen molar-refractivity contribution in [2.75, 3.05) is 7.11 Å². The standard InChI is InChI=1S/C14H21NO7/c1-7(16)15-11-5-10(6-12(19)20-4)13(21-8(2)17)14(11)22-9(3)18/h10-11,13-14H,5-6H2,1-4H3,(H,15,16)/t10-,11-,13-,14-/m0/s1. The van der Waals surface area contributed by atoms with Gasteiger partial charge in [0, 0.05) is 26.7 Å². The van der Waals surface area contributed by atoms with Crippen molar-refractivity contribution in [2.45, 2.75) is 51.9 Å². The van der Waals surface area contributed by atoms with E-state index in [-0.39, 0.29) is 12.3 Å². The molecule has 0 aromatic rings. The minimum absolute atomic E-state index is 0.00228. The summed E-state index contributed by atoms with van der Waals surface area (Å²) in [5.74, 6) is -2.29. The molecule has 1 rings (SSSR count). The highest BCUT2D eigenvalue weighted by atomic mass is 16.6. The van der Waals surface area contributed by atoms with Crippen LogP contribution in [0.15, 0.2) is 0 Å². The molecule has 0 saturated heterocycles. The average Bonchev–Trinajstić information content (AvgIpc) is 2.66. The quantitative estimate of drug-likeness (QED) is 0.559. The molecular formula is C14H21NO7. The van der Waals surface area contributed by atoms with Crippen LogP contribution < -0.4 is 5.32 Å². The Kier molecular flexibility index (Phi) is 6.33. The van der Waals surface area contributed by atoms with Crippen LogP contribution in [0.3, 0.4) is 0 Å². The highest BCUT2D eigenvalue weighted by Gasteiger charge is 2.48. The van der Waals surface area contributed by atoms with Crippen LogP contribution in [0.5, 0.6) is 0 Å². The second-order valence-corrected chi connectivity index (χ2v) is 5.23. The SMILES string of the molecule is COC(=O)C[C@@H]1C[C@H](NC(C)=O)[C@H](OC(C)=O)[C@H]1OC(C)=O. The smallest absolute Gasteiger partial charge is 0.305 e. The molecule has 0 spiro atoms. The number of rotatable bonds is 5. The van der Waals surface area contributed by atoms with Gasteiger partial charge in [-0.1, -0.05) is 0 Å². The molecule has 1 N–H and O–H groups in total. The van der Waals surface area contributed by atoms with Crippen molar-refractivity contribution in [1.82, 2.24) is 5.32 Å². The Hall–Kier alpha value is -2.12. The van der Waals surface area contributed by atoms with E-state index in [9.17, 15) is 19.2 Å². The van der Waals surface area contributed by atoms with Crippen molar-refractivity contribution in [3.8, 4) is 0 Å². The first-order chi connectivity index (χ1) is 10.2. The summed E-state index contributed by atoms with van der Waals surface area (Å²) in [4.78, 5) is 45.4. The van der Waals surface area contributed by atoms with Crippen LogP contribution in [0.1, 0.15) is 33.6 Å². The molecule has 0 aromatic carbocycles. The van der Waals surface area contributed by atoms with E-state index in [1.54, 1.807) is 0 Å². The molecule has 1 amide bonds. The molecule has 22 heavy (non-hydrogen) atoms. The predicted octanol–water partition coefficient (Wildman–Crippen LogP) is -0.0625. The van der Waals surface area contributed by atoms with E-state index in [1.165, 1.54) is 27.9 Å². The van der Waals surface area contributed by atoms with Crippen LogP contribution in [0.2, 0.25) is 0 Å². The van der Waals surface area contributed by atoms with Gasteiger partial charge in [0.2, 0.25) is 5.91 Å². The Morgan fingerprint density at radius 1 is 1.00 bits per heavy atom. The first-order valence-corrected chi connectivity index (χ1v) is 6.93. The van der Waals surface area contributed by atoms with Crippen molar-refractivity contribution in [1.29, 1.82) is 0 Å². The minimum Gasteiger partial charge on any atom is -0.469 e. The Morgan fingerprint density at radius 3 is 2.00 bits per heavy atom. The Bertz CT molecular complexity index is 462. The molecule has 0 bridgehead atoms. The van der Waals surface area contributed by atoms with Gasteiger partial charge in [0.05, 0.1) is 19.6 Å². The summed E-state index contributed by atoms with van der Waals surface area (Å²) in [6, 6.07) is -0.527. The van der Waals surface area contributed by atoms with Gasteiger partial charge in [-0.3, -0.25) is 19.2 Å².